The second-order valence-corrected chi connectivity index (χ2v) is 8.38. The second-order valence-electron chi connectivity index (χ2n) is 8.38. The zero-order chi connectivity index (χ0) is 24.1. The van der Waals surface area contributed by atoms with Crippen molar-refractivity contribution < 1.29 is 19.4 Å². The third-order valence-electron chi connectivity index (χ3n) is 5.85. The lowest BCUT2D eigenvalue weighted by Gasteiger charge is -2.20. The third kappa shape index (κ3) is 3.53. The van der Waals surface area contributed by atoms with Crippen LogP contribution >= 0.6 is 0 Å². The summed E-state index contributed by atoms with van der Waals surface area (Å²) in [4.78, 5) is 40.1. The number of aromatic amines is 1. The molecule has 0 saturated heterocycles. The van der Waals surface area contributed by atoms with E-state index in [1.165, 1.54) is 11.9 Å². The topological polar surface area (TPSA) is 126 Å². The normalized spacial score (nSPS) is 16.6. The Morgan fingerprint density at radius 3 is 2.50 bits per heavy atom. The summed E-state index contributed by atoms with van der Waals surface area (Å²) in [6, 6.07) is 10.2. The summed E-state index contributed by atoms with van der Waals surface area (Å²) in [6.07, 6.45) is 0.154. The van der Waals surface area contributed by atoms with Crippen LogP contribution in [0, 0.1) is 13.8 Å². The Hall–Kier alpha value is -4.34. The van der Waals surface area contributed by atoms with Gasteiger partial charge in [0.1, 0.15) is 5.56 Å². The van der Waals surface area contributed by atoms with Gasteiger partial charge in [-0.15, -0.1) is 0 Å². The monoisotopic (exact) mass is 462 g/mol. The Bertz CT molecular complexity index is 1470. The van der Waals surface area contributed by atoms with Crippen molar-refractivity contribution in [1.29, 1.82) is 0 Å². The number of nitrogens with zero attached hydrogens (tertiary/aromatic N) is 3. The molecule has 0 spiro atoms. The van der Waals surface area contributed by atoms with Crippen LogP contribution in [0.25, 0.3) is 5.69 Å². The van der Waals surface area contributed by atoms with Crippen molar-refractivity contribution in [1.82, 2.24) is 14.6 Å². The molecule has 5 rings (SSSR count). The van der Waals surface area contributed by atoms with Crippen molar-refractivity contribution in [3.8, 4) is 23.1 Å². The molecule has 3 heterocycles. The molecule has 34 heavy (non-hydrogen) atoms. The zero-order valence-electron chi connectivity index (χ0n) is 18.8. The quantitative estimate of drug-likeness (QED) is 0.615. The van der Waals surface area contributed by atoms with Crippen LogP contribution in [0.1, 0.15) is 41.6 Å². The lowest BCUT2D eigenvalue weighted by Crippen LogP contribution is -2.33. The van der Waals surface area contributed by atoms with Crippen LogP contribution in [-0.4, -0.2) is 38.1 Å². The molecule has 0 bridgehead atoms. The van der Waals surface area contributed by atoms with Gasteiger partial charge in [-0.1, -0.05) is 12.1 Å². The van der Waals surface area contributed by atoms with Gasteiger partial charge < -0.3 is 14.6 Å². The fourth-order valence-electron chi connectivity index (χ4n) is 4.44. The highest BCUT2D eigenvalue weighted by Crippen LogP contribution is 2.39. The summed E-state index contributed by atoms with van der Waals surface area (Å²) in [6.45, 7) is 5.22. The number of amides is 1. The summed E-state index contributed by atoms with van der Waals surface area (Å²) in [7, 11) is 0. The maximum Gasteiger partial charge on any atom is 0.335 e. The minimum absolute atomic E-state index is 0.116. The van der Waals surface area contributed by atoms with Crippen LogP contribution in [-0.2, 0) is 4.79 Å². The highest BCUT2D eigenvalue weighted by atomic mass is 16.7. The molecule has 0 saturated carbocycles. The SMILES string of the molecule is CC(=O)N1N=C(c2c(O)n(-c3cc(C)cc(C)c3)c(=O)[nH]c2=O)C[C@H]1c1ccc2c(c1)OCO2. The number of carbonyl (C=O) groups is 1. The van der Waals surface area contributed by atoms with Crippen LogP contribution in [0.15, 0.2) is 51.1 Å². The number of ether oxygens (including phenoxy) is 2. The molecule has 0 unspecified atom stereocenters. The van der Waals surface area contributed by atoms with E-state index in [0.29, 0.717) is 17.2 Å². The minimum atomic E-state index is -0.781. The molecular weight excluding hydrogens is 440 g/mol. The number of H-pyrrole nitrogens is 1. The van der Waals surface area contributed by atoms with Gasteiger partial charge in [-0.2, -0.15) is 5.10 Å². The summed E-state index contributed by atoms with van der Waals surface area (Å²) in [5, 5.41) is 16.7. The van der Waals surface area contributed by atoms with E-state index in [0.717, 1.165) is 21.3 Å². The van der Waals surface area contributed by atoms with Crippen molar-refractivity contribution in [2.24, 2.45) is 5.10 Å². The summed E-state index contributed by atoms with van der Waals surface area (Å²) in [5.74, 6) is 0.286. The van der Waals surface area contributed by atoms with Crippen LogP contribution in [0.2, 0.25) is 0 Å². The Morgan fingerprint density at radius 1 is 1.09 bits per heavy atom. The number of hydrogen-bond donors (Lipinski definition) is 2. The maximum absolute atomic E-state index is 12.8. The first-order valence-electron chi connectivity index (χ1n) is 10.7. The van der Waals surface area contributed by atoms with Crippen molar-refractivity contribution in [3.63, 3.8) is 0 Å². The Kier molecular flexibility index (Phi) is 5.00. The molecule has 0 aliphatic carbocycles. The van der Waals surface area contributed by atoms with Gasteiger partial charge in [-0.05, 0) is 54.8 Å². The van der Waals surface area contributed by atoms with E-state index < -0.39 is 23.2 Å². The number of aryl methyl sites for hydroxylation is 2. The predicted molar refractivity (Wildman–Crippen MR) is 123 cm³/mol. The van der Waals surface area contributed by atoms with E-state index in [-0.39, 0.29) is 30.4 Å². The molecular formula is C24H22N4O6. The van der Waals surface area contributed by atoms with Gasteiger partial charge >= 0.3 is 5.69 Å². The van der Waals surface area contributed by atoms with Crippen LogP contribution < -0.4 is 20.7 Å². The Labute approximate surface area is 193 Å². The smallest absolute Gasteiger partial charge is 0.335 e. The van der Waals surface area contributed by atoms with Gasteiger partial charge in [0.05, 0.1) is 17.4 Å². The first-order valence-corrected chi connectivity index (χ1v) is 10.7. The van der Waals surface area contributed by atoms with Crippen LogP contribution in [0.3, 0.4) is 0 Å². The summed E-state index contributed by atoms with van der Waals surface area (Å²) < 4.78 is 11.8. The average Bonchev–Trinajstić information content (AvgIpc) is 3.39. The molecule has 1 aromatic heterocycles. The molecule has 0 fully saturated rings. The molecule has 2 aliphatic rings. The molecule has 0 radical (unpaired) electrons. The maximum atomic E-state index is 12.8. The Morgan fingerprint density at radius 2 is 1.79 bits per heavy atom. The number of rotatable bonds is 3. The summed E-state index contributed by atoms with van der Waals surface area (Å²) in [5.41, 5.74) is 1.39. The van der Waals surface area contributed by atoms with E-state index in [1.807, 2.05) is 19.9 Å². The van der Waals surface area contributed by atoms with E-state index >= 15 is 0 Å². The number of nitrogens with one attached hydrogen (secondary N) is 1. The molecule has 1 amide bonds. The van der Waals surface area contributed by atoms with Gasteiger partial charge in [0.2, 0.25) is 18.6 Å². The van der Waals surface area contributed by atoms with E-state index in [2.05, 4.69) is 10.1 Å². The fourth-order valence-corrected chi connectivity index (χ4v) is 4.44. The third-order valence-corrected chi connectivity index (χ3v) is 5.85. The fraction of sp³-hybridized carbons (Fsp3) is 0.250. The van der Waals surface area contributed by atoms with E-state index in [9.17, 15) is 19.5 Å². The van der Waals surface area contributed by atoms with Crippen LogP contribution in [0.4, 0.5) is 0 Å². The van der Waals surface area contributed by atoms with Crippen molar-refractivity contribution in [2.75, 3.05) is 6.79 Å². The van der Waals surface area contributed by atoms with E-state index in [4.69, 9.17) is 9.47 Å². The highest BCUT2D eigenvalue weighted by Gasteiger charge is 2.35. The molecule has 3 aromatic rings. The van der Waals surface area contributed by atoms with E-state index in [1.54, 1.807) is 30.3 Å². The number of carbonyl (C=O) groups excluding carboxylic acids is 1. The average molecular weight is 462 g/mol. The minimum Gasteiger partial charge on any atom is -0.493 e. The van der Waals surface area contributed by atoms with Gasteiger partial charge in [0, 0.05) is 13.3 Å². The Balaban J connectivity index is 1.61. The van der Waals surface area contributed by atoms with Gasteiger partial charge in [-0.25, -0.2) is 14.4 Å². The second kappa shape index (κ2) is 7.91. The lowest BCUT2D eigenvalue weighted by molar-refractivity contribution is -0.130. The standard InChI is InChI=1S/C24H22N4O6/c1-12-6-13(2)8-16(7-12)27-23(31)21(22(30)25-24(27)32)17-10-18(28(26-17)14(3)29)15-4-5-19-20(9-15)34-11-33-19/h4-9,18,31H,10-11H2,1-3H3,(H,25,30,32)/t18-/m0/s1. The molecule has 2 N–H and O–H groups in total. The molecule has 2 aliphatic heterocycles. The number of hydrazone groups is 1. The van der Waals surface area contributed by atoms with Crippen LogP contribution in [0.5, 0.6) is 17.4 Å². The molecule has 10 nitrogen and oxygen atoms in total. The number of hydrogen-bond acceptors (Lipinski definition) is 7. The van der Waals surface area contributed by atoms with Crippen molar-refractivity contribution in [2.45, 2.75) is 33.2 Å². The highest BCUT2D eigenvalue weighted by molar-refractivity contribution is 6.04. The van der Waals surface area contributed by atoms with Gasteiger partial charge in [0.25, 0.3) is 5.56 Å². The van der Waals surface area contributed by atoms with Gasteiger partial charge in [0.15, 0.2) is 11.5 Å². The zero-order valence-corrected chi connectivity index (χ0v) is 18.8. The largest absolute Gasteiger partial charge is 0.493 e. The lowest BCUT2D eigenvalue weighted by atomic mass is 9.98. The molecule has 10 heteroatoms. The van der Waals surface area contributed by atoms with Crippen molar-refractivity contribution >= 4 is 11.6 Å². The first kappa shape index (κ1) is 21.5. The summed E-state index contributed by atoms with van der Waals surface area (Å²) >= 11 is 0. The van der Waals surface area contributed by atoms with Gasteiger partial charge in [-0.3, -0.25) is 14.6 Å². The first-order chi connectivity index (χ1) is 16.2. The molecule has 2 aromatic carbocycles. The predicted octanol–water partition coefficient (Wildman–Crippen LogP) is 2.27. The number of aromatic hydroxyl groups is 1. The number of benzene rings is 2. The number of fused-ring (bicyclic) bond motifs is 1. The van der Waals surface area contributed by atoms with Crippen molar-refractivity contribution in [3.05, 3.63) is 79.5 Å². The number of aromatic nitrogens is 2. The molecule has 174 valence electrons. The molecule has 1 atom stereocenters.